The lowest BCUT2D eigenvalue weighted by Gasteiger charge is -2.01. The Labute approximate surface area is 124 Å². The van der Waals surface area contributed by atoms with Crippen molar-refractivity contribution in [1.29, 1.82) is 0 Å². The summed E-state index contributed by atoms with van der Waals surface area (Å²) in [6, 6.07) is 3.40. The first-order chi connectivity index (χ1) is 10.4. The number of nitrogen functional groups attached to an aromatic ring is 1. The summed E-state index contributed by atoms with van der Waals surface area (Å²) in [4.78, 5) is 15.8. The zero-order valence-corrected chi connectivity index (χ0v) is 12.4. The van der Waals surface area contributed by atoms with E-state index in [9.17, 15) is 8.42 Å². The molecule has 114 valence electrons. The van der Waals surface area contributed by atoms with Crippen molar-refractivity contribution in [2.24, 2.45) is 0 Å². The first kappa shape index (κ1) is 14.1. The smallest absolute Gasteiger partial charge is 0.258 e. The molecule has 0 amide bonds. The van der Waals surface area contributed by atoms with Crippen molar-refractivity contribution < 1.29 is 13.2 Å². The van der Waals surface area contributed by atoms with E-state index in [1.165, 1.54) is 7.11 Å². The first-order valence-electron chi connectivity index (χ1n) is 6.00. The molecule has 0 unspecified atom stereocenters. The molecule has 0 aromatic carbocycles. The average molecular weight is 321 g/mol. The zero-order valence-electron chi connectivity index (χ0n) is 11.6. The van der Waals surface area contributed by atoms with Gasteiger partial charge in [0.2, 0.25) is 21.7 Å². The lowest BCUT2D eigenvalue weighted by molar-refractivity contribution is 0.399. The van der Waals surface area contributed by atoms with Crippen molar-refractivity contribution in [3.05, 3.63) is 18.3 Å². The van der Waals surface area contributed by atoms with Crippen LogP contribution in [0.1, 0.15) is 0 Å². The summed E-state index contributed by atoms with van der Waals surface area (Å²) < 4.78 is 29.4. The SMILES string of the molecule is COc1ncccc1-c1nc2nc(S(C)(=O)=O)nc(N)n2n1. The molecule has 3 aromatic heterocycles. The van der Waals surface area contributed by atoms with Gasteiger partial charge in [-0.3, -0.25) is 0 Å². The number of methoxy groups -OCH3 is 1. The predicted octanol–water partition coefficient (Wildman–Crippen LogP) is -0.424. The van der Waals surface area contributed by atoms with Gasteiger partial charge in [-0.1, -0.05) is 0 Å². The van der Waals surface area contributed by atoms with Gasteiger partial charge in [0.1, 0.15) is 0 Å². The standard InChI is InChI=1S/C11H11N7O3S/c1-21-8-6(4-3-5-13-8)7-14-10-16-11(22(2,19)20)15-9(12)18(10)17-7/h3-5H,1-2H3,(H2,12,14,15,16,17). The van der Waals surface area contributed by atoms with Crippen molar-refractivity contribution in [3.63, 3.8) is 0 Å². The fraction of sp³-hybridized carbons (Fsp3) is 0.182. The molecule has 0 atom stereocenters. The van der Waals surface area contributed by atoms with Gasteiger partial charge in [-0.05, 0) is 12.1 Å². The Morgan fingerprint density at radius 3 is 2.73 bits per heavy atom. The van der Waals surface area contributed by atoms with Crippen LogP contribution >= 0.6 is 0 Å². The molecule has 22 heavy (non-hydrogen) atoms. The van der Waals surface area contributed by atoms with Crippen molar-refractivity contribution in [1.82, 2.24) is 29.5 Å². The second kappa shape index (κ2) is 4.87. The van der Waals surface area contributed by atoms with Gasteiger partial charge >= 0.3 is 0 Å². The van der Waals surface area contributed by atoms with Crippen molar-refractivity contribution in [2.75, 3.05) is 19.1 Å². The first-order valence-corrected chi connectivity index (χ1v) is 7.89. The van der Waals surface area contributed by atoms with Gasteiger partial charge in [0.15, 0.2) is 5.82 Å². The monoisotopic (exact) mass is 321 g/mol. The van der Waals surface area contributed by atoms with Crippen LogP contribution in [0, 0.1) is 0 Å². The number of anilines is 1. The van der Waals surface area contributed by atoms with Gasteiger partial charge in [-0.15, -0.1) is 5.10 Å². The summed E-state index contributed by atoms with van der Waals surface area (Å²) in [6.45, 7) is 0. The van der Waals surface area contributed by atoms with Crippen LogP contribution in [-0.2, 0) is 9.84 Å². The number of hydrogen-bond acceptors (Lipinski definition) is 9. The maximum Gasteiger partial charge on any atom is 0.258 e. The van der Waals surface area contributed by atoms with Gasteiger partial charge in [0.05, 0.1) is 12.7 Å². The number of hydrogen-bond donors (Lipinski definition) is 1. The summed E-state index contributed by atoms with van der Waals surface area (Å²) in [5.74, 6) is 0.464. The molecule has 3 rings (SSSR count). The maximum atomic E-state index is 11.5. The lowest BCUT2D eigenvalue weighted by Crippen LogP contribution is -2.11. The highest BCUT2D eigenvalue weighted by Gasteiger charge is 2.19. The van der Waals surface area contributed by atoms with E-state index >= 15 is 0 Å². The fourth-order valence-corrected chi connectivity index (χ4v) is 2.30. The molecular formula is C11H11N7O3S. The van der Waals surface area contributed by atoms with Gasteiger partial charge in [-0.2, -0.15) is 19.5 Å². The molecule has 0 bridgehead atoms. The second-order valence-corrected chi connectivity index (χ2v) is 6.25. The molecule has 0 fully saturated rings. The van der Waals surface area contributed by atoms with Crippen LogP contribution < -0.4 is 10.5 Å². The van der Waals surface area contributed by atoms with Crippen LogP contribution in [0.2, 0.25) is 0 Å². The topological polar surface area (TPSA) is 138 Å². The number of fused-ring (bicyclic) bond motifs is 1. The summed E-state index contributed by atoms with van der Waals surface area (Å²) >= 11 is 0. The number of ether oxygens (including phenoxy) is 1. The minimum absolute atomic E-state index is 0.0221. The number of sulfone groups is 1. The molecule has 11 heteroatoms. The van der Waals surface area contributed by atoms with E-state index in [1.807, 2.05) is 0 Å². The van der Waals surface area contributed by atoms with E-state index in [0.29, 0.717) is 11.4 Å². The quantitative estimate of drug-likeness (QED) is 0.681. The van der Waals surface area contributed by atoms with Gasteiger partial charge in [0.25, 0.3) is 10.9 Å². The van der Waals surface area contributed by atoms with Gasteiger partial charge in [0, 0.05) is 12.5 Å². The van der Waals surface area contributed by atoms with Crippen molar-refractivity contribution in [3.8, 4) is 17.3 Å². The Kier molecular flexibility index (Phi) is 3.13. The van der Waals surface area contributed by atoms with E-state index in [4.69, 9.17) is 10.5 Å². The highest BCUT2D eigenvalue weighted by atomic mass is 32.2. The van der Waals surface area contributed by atoms with Crippen LogP contribution in [0.5, 0.6) is 5.88 Å². The highest BCUT2D eigenvalue weighted by molar-refractivity contribution is 7.90. The molecule has 0 spiro atoms. The largest absolute Gasteiger partial charge is 0.480 e. The third-order valence-electron chi connectivity index (χ3n) is 2.75. The fourth-order valence-electron chi connectivity index (χ4n) is 1.79. The summed E-state index contributed by atoms with van der Waals surface area (Å²) in [5.41, 5.74) is 6.24. The molecule has 2 N–H and O–H groups in total. The van der Waals surface area contributed by atoms with Crippen LogP contribution in [0.4, 0.5) is 5.95 Å². The Balaban J connectivity index is 2.24. The molecule has 3 heterocycles. The molecule has 0 saturated carbocycles. The number of pyridine rings is 1. The van der Waals surface area contributed by atoms with Crippen molar-refractivity contribution >= 4 is 21.6 Å². The number of aromatic nitrogens is 6. The Hall–Kier alpha value is -2.82. The number of rotatable bonds is 3. The predicted molar refractivity (Wildman–Crippen MR) is 75.9 cm³/mol. The lowest BCUT2D eigenvalue weighted by atomic mass is 10.2. The molecule has 0 saturated heterocycles. The minimum atomic E-state index is -3.61. The minimum Gasteiger partial charge on any atom is -0.480 e. The second-order valence-electron chi connectivity index (χ2n) is 4.34. The highest BCUT2D eigenvalue weighted by Crippen LogP contribution is 2.25. The zero-order chi connectivity index (χ0) is 15.9. The van der Waals surface area contributed by atoms with Crippen LogP contribution in [0.3, 0.4) is 0 Å². The Morgan fingerprint density at radius 2 is 2.05 bits per heavy atom. The average Bonchev–Trinajstić information content (AvgIpc) is 2.90. The summed E-state index contributed by atoms with van der Waals surface area (Å²) in [6.07, 6.45) is 2.55. The Bertz CT molecular complexity index is 967. The van der Waals surface area contributed by atoms with Gasteiger partial charge < -0.3 is 10.5 Å². The van der Waals surface area contributed by atoms with Crippen molar-refractivity contribution in [2.45, 2.75) is 5.16 Å². The van der Waals surface area contributed by atoms with E-state index in [1.54, 1.807) is 18.3 Å². The molecule has 0 aliphatic carbocycles. The Morgan fingerprint density at radius 1 is 1.27 bits per heavy atom. The normalized spacial score (nSPS) is 11.7. The number of nitrogens with two attached hydrogens (primary N) is 1. The van der Waals surface area contributed by atoms with E-state index in [-0.39, 0.29) is 17.6 Å². The van der Waals surface area contributed by atoms with E-state index in [2.05, 4.69) is 25.0 Å². The molecule has 0 radical (unpaired) electrons. The van der Waals surface area contributed by atoms with Gasteiger partial charge in [-0.25, -0.2) is 13.4 Å². The van der Waals surface area contributed by atoms with Crippen LogP contribution in [0.25, 0.3) is 17.2 Å². The van der Waals surface area contributed by atoms with E-state index < -0.39 is 15.0 Å². The maximum absolute atomic E-state index is 11.5. The van der Waals surface area contributed by atoms with Crippen LogP contribution in [0.15, 0.2) is 23.5 Å². The molecule has 0 aliphatic heterocycles. The third kappa shape index (κ3) is 2.30. The molecule has 10 nitrogen and oxygen atoms in total. The number of nitrogens with zero attached hydrogens (tertiary/aromatic N) is 6. The summed E-state index contributed by atoms with van der Waals surface area (Å²) in [5, 5.41) is 3.75. The molecule has 3 aromatic rings. The molecular weight excluding hydrogens is 310 g/mol. The third-order valence-corrected chi connectivity index (χ3v) is 3.60. The summed E-state index contributed by atoms with van der Waals surface area (Å²) in [7, 11) is -2.14. The molecule has 0 aliphatic rings. The van der Waals surface area contributed by atoms with E-state index in [0.717, 1.165) is 10.8 Å². The van der Waals surface area contributed by atoms with Crippen LogP contribution in [-0.4, -0.2) is 51.3 Å².